The zero-order valence-corrected chi connectivity index (χ0v) is 20.3. The molecule has 8 heteroatoms. The first kappa shape index (κ1) is 23.0. The number of aliphatic hydroxyl groups excluding tert-OH is 1. The standard InChI is InChI=1S/C27H20Cl2N2O4/c1-30-14-19(18-8-3-4-9-21(18)30)24-23(25(32)15-10-11-22(35-2)20(29)12-15)26(33)27(34)31(24)17-7-5-6-16(28)13-17/h3-14,24,32H,1-2H3/b25-23+. The van der Waals surface area contributed by atoms with E-state index in [-0.39, 0.29) is 16.4 Å². The van der Waals surface area contributed by atoms with Gasteiger partial charge in [0.05, 0.1) is 23.7 Å². The van der Waals surface area contributed by atoms with Crippen LogP contribution in [0.3, 0.4) is 0 Å². The largest absolute Gasteiger partial charge is 0.507 e. The number of ether oxygens (including phenoxy) is 1. The van der Waals surface area contributed by atoms with Gasteiger partial charge in [0.15, 0.2) is 0 Å². The number of halogens is 2. The number of nitrogens with zero attached hydrogens (tertiary/aromatic N) is 2. The Labute approximate surface area is 211 Å². The molecule has 0 aliphatic carbocycles. The first-order valence-corrected chi connectivity index (χ1v) is 11.5. The van der Waals surface area contributed by atoms with Gasteiger partial charge >= 0.3 is 0 Å². The van der Waals surface area contributed by atoms with Gasteiger partial charge < -0.3 is 14.4 Å². The van der Waals surface area contributed by atoms with Crippen molar-refractivity contribution < 1.29 is 19.4 Å². The number of ketones is 1. The molecule has 1 amide bonds. The van der Waals surface area contributed by atoms with Crippen LogP contribution in [-0.4, -0.2) is 28.5 Å². The summed E-state index contributed by atoms with van der Waals surface area (Å²) in [6.07, 6.45) is 1.87. The first-order valence-electron chi connectivity index (χ1n) is 10.8. The lowest BCUT2D eigenvalue weighted by Gasteiger charge is -2.25. The van der Waals surface area contributed by atoms with E-state index >= 15 is 0 Å². The molecular formula is C27H20Cl2N2O4. The SMILES string of the molecule is COc1ccc(/C(O)=C2\C(=O)C(=O)N(c3cccc(Cl)c3)C2c2cn(C)c3ccccc23)cc1Cl. The molecular weight excluding hydrogens is 487 g/mol. The Balaban J connectivity index is 1.80. The monoisotopic (exact) mass is 506 g/mol. The fraction of sp³-hybridized carbons (Fsp3) is 0.111. The van der Waals surface area contributed by atoms with E-state index in [4.69, 9.17) is 27.9 Å². The second-order valence-corrected chi connectivity index (χ2v) is 9.05. The molecule has 176 valence electrons. The molecule has 1 N–H and O–H groups in total. The summed E-state index contributed by atoms with van der Waals surface area (Å²) in [5.74, 6) is -1.46. The van der Waals surface area contributed by atoms with E-state index in [1.165, 1.54) is 18.1 Å². The number of carbonyl (C=O) groups excluding carboxylic acids is 2. The summed E-state index contributed by atoms with van der Waals surface area (Å²) in [6.45, 7) is 0. The Kier molecular flexibility index (Phi) is 5.79. The van der Waals surface area contributed by atoms with Crippen LogP contribution in [0.25, 0.3) is 16.7 Å². The van der Waals surface area contributed by atoms with Gasteiger partial charge in [-0.15, -0.1) is 0 Å². The Morgan fingerprint density at radius 3 is 2.49 bits per heavy atom. The number of hydrogen-bond acceptors (Lipinski definition) is 4. The zero-order chi connectivity index (χ0) is 24.9. The normalized spacial score (nSPS) is 17.4. The number of amides is 1. The summed E-state index contributed by atoms with van der Waals surface area (Å²) in [7, 11) is 3.37. The maximum atomic E-state index is 13.4. The number of aliphatic hydroxyl groups is 1. The highest BCUT2D eigenvalue weighted by atomic mass is 35.5. The highest BCUT2D eigenvalue weighted by Crippen LogP contribution is 2.45. The summed E-state index contributed by atoms with van der Waals surface area (Å²) < 4.78 is 7.12. The highest BCUT2D eigenvalue weighted by Gasteiger charge is 2.48. The van der Waals surface area contributed by atoms with E-state index in [0.29, 0.717) is 27.6 Å². The van der Waals surface area contributed by atoms with Crippen molar-refractivity contribution in [2.45, 2.75) is 6.04 Å². The third-order valence-electron chi connectivity index (χ3n) is 6.18. The molecule has 1 atom stereocenters. The van der Waals surface area contributed by atoms with Crippen LogP contribution in [0.5, 0.6) is 5.75 Å². The van der Waals surface area contributed by atoms with Crippen LogP contribution in [0.4, 0.5) is 5.69 Å². The number of benzene rings is 3. The number of fused-ring (bicyclic) bond motifs is 1. The van der Waals surface area contributed by atoms with Crippen molar-refractivity contribution in [3.63, 3.8) is 0 Å². The van der Waals surface area contributed by atoms with E-state index in [9.17, 15) is 14.7 Å². The summed E-state index contributed by atoms with van der Waals surface area (Å²) >= 11 is 12.5. The molecule has 5 rings (SSSR count). The lowest BCUT2D eigenvalue weighted by Crippen LogP contribution is -2.29. The fourth-order valence-electron chi connectivity index (χ4n) is 4.58. The second kappa shape index (κ2) is 8.80. The molecule has 2 heterocycles. The van der Waals surface area contributed by atoms with E-state index < -0.39 is 17.7 Å². The van der Waals surface area contributed by atoms with Crippen molar-refractivity contribution in [1.29, 1.82) is 0 Å². The number of methoxy groups -OCH3 is 1. The van der Waals surface area contributed by atoms with Crippen LogP contribution in [0, 0.1) is 0 Å². The minimum Gasteiger partial charge on any atom is -0.507 e. The van der Waals surface area contributed by atoms with Gasteiger partial charge in [0.1, 0.15) is 11.5 Å². The molecule has 1 unspecified atom stereocenters. The summed E-state index contributed by atoms with van der Waals surface area (Å²) in [6, 6.07) is 18.2. The Morgan fingerprint density at radius 2 is 1.77 bits per heavy atom. The molecule has 1 aromatic heterocycles. The van der Waals surface area contributed by atoms with Crippen LogP contribution in [0.2, 0.25) is 10.0 Å². The number of aryl methyl sites for hydroxylation is 1. The molecule has 1 saturated heterocycles. The summed E-state index contributed by atoms with van der Waals surface area (Å²) in [5, 5.41) is 12.9. The molecule has 35 heavy (non-hydrogen) atoms. The summed E-state index contributed by atoms with van der Waals surface area (Å²) in [4.78, 5) is 28.2. The van der Waals surface area contributed by atoms with Crippen LogP contribution in [0.15, 0.2) is 78.5 Å². The van der Waals surface area contributed by atoms with Crippen LogP contribution < -0.4 is 9.64 Å². The Bertz CT molecular complexity index is 1540. The molecule has 1 fully saturated rings. The van der Waals surface area contributed by atoms with Gasteiger partial charge in [0.2, 0.25) is 0 Å². The minimum absolute atomic E-state index is 0.0347. The van der Waals surface area contributed by atoms with Crippen molar-refractivity contribution in [1.82, 2.24) is 4.57 Å². The van der Waals surface area contributed by atoms with Crippen molar-refractivity contribution in [2.75, 3.05) is 12.0 Å². The number of anilines is 1. The van der Waals surface area contributed by atoms with E-state index in [1.807, 2.05) is 42.1 Å². The van der Waals surface area contributed by atoms with E-state index in [0.717, 1.165) is 10.9 Å². The van der Waals surface area contributed by atoms with Crippen molar-refractivity contribution in [3.05, 3.63) is 99.7 Å². The van der Waals surface area contributed by atoms with Gasteiger partial charge in [0.25, 0.3) is 11.7 Å². The Morgan fingerprint density at radius 1 is 1.00 bits per heavy atom. The third-order valence-corrected chi connectivity index (χ3v) is 6.71. The molecule has 4 aromatic rings. The van der Waals surface area contributed by atoms with Crippen molar-refractivity contribution >= 4 is 57.2 Å². The summed E-state index contributed by atoms with van der Waals surface area (Å²) in [5.41, 5.74) is 2.33. The molecule has 0 spiro atoms. The van der Waals surface area contributed by atoms with Gasteiger partial charge in [0, 0.05) is 46.0 Å². The predicted octanol–water partition coefficient (Wildman–Crippen LogP) is 6.12. The van der Waals surface area contributed by atoms with Crippen molar-refractivity contribution in [2.24, 2.45) is 7.05 Å². The number of rotatable bonds is 4. The zero-order valence-electron chi connectivity index (χ0n) is 18.8. The molecule has 0 radical (unpaired) electrons. The maximum absolute atomic E-state index is 13.4. The fourth-order valence-corrected chi connectivity index (χ4v) is 5.02. The first-order chi connectivity index (χ1) is 16.8. The van der Waals surface area contributed by atoms with E-state index in [2.05, 4.69) is 0 Å². The minimum atomic E-state index is -0.888. The molecule has 6 nitrogen and oxygen atoms in total. The second-order valence-electron chi connectivity index (χ2n) is 8.21. The van der Waals surface area contributed by atoms with E-state index in [1.54, 1.807) is 36.4 Å². The molecule has 0 saturated carbocycles. The number of aromatic nitrogens is 1. The predicted molar refractivity (Wildman–Crippen MR) is 137 cm³/mol. The number of Topliss-reactive ketones (excluding diaryl/α,β-unsaturated/α-hetero) is 1. The van der Waals surface area contributed by atoms with Gasteiger partial charge in [-0.2, -0.15) is 0 Å². The third kappa shape index (κ3) is 3.75. The van der Waals surface area contributed by atoms with Crippen LogP contribution in [0.1, 0.15) is 17.2 Å². The smallest absolute Gasteiger partial charge is 0.300 e. The molecule has 1 aliphatic rings. The van der Waals surface area contributed by atoms with Crippen LogP contribution >= 0.6 is 23.2 Å². The lowest BCUT2D eigenvalue weighted by molar-refractivity contribution is -0.132. The average Bonchev–Trinajstić information content (AvgIpc) is 3.32. The highest BCUT2D eigenvalue weighted by molar-refractivity contribution is 6.52. The lowest BCUT2D eigenvalue weighted by atomic mass is 9.94. The van der Waals surface area contributed by atoms with Gasteiger partial charge in [-0.3, -0.25) is 14.5 Å². The molecule has 3 aromatic carbocycles. The quantitative estimate of drug-likeness (QED) is 0.205. The van der Waals surface area contributed by atoms with Crippen LogP contribution in [-0.2, 0) is 16.6 Å². The topological polar surface area (TPSA) is 71.8 Å². The number of carbonyl (C=O) groups is 2. The van der Waals surface area contributed by atoms with Crippen molar-refractivity contribution in [3.8, 4) is 5.75 Å². The number of para-hydroxylation sites is 1. The van der Waals surface area contributed by atoms with Gasteiger partial charge in [-0.05, 0) is 42.5 Å². The van der Waals surface area contributed by atoms with Gasteiger partial charge in [-0.25, -0.2) is 0 Å². The maximum Gasteiger partial charge on any atom is 0.300 e. The number of hydrogen-bond donors (Lipinski definition) is 1. The Hall–Kier alpha value is -3.74. The van der Waals surface area contributed by atoms with Gasteiger partial charge in [-0.1, -0.05) is 47.5 Å². The average molecular weight is 507 g/mol. The molecule has 0 bridgehead atoms. The molecule has 1 aliphatic heterocycles.